The third-order valence-electron chi connectivity index (χ3n) is 5.17. The normalized spacial score (nSPS) is 26.6. The molecule has 7 nitrogen and oxygen atoms in total. The third kappa shape index (κ3) is 3.98. The lowest BCUT2D eigenvalue weighted by Gasteiger charge is -2.38. The number of aliphatic hydroxyl groups is 2. The first-order valence-corrected chi connectivity index (χ1v) is 9.30. The highest BCUT2D eigenvalue weighted by molar-refractivity contribution is 5.98. The second-order valence-electron chi connectivity index (χ2n) is 7.21. The van der Waals surface area contributed by atoms with Crippen LogP contribution in [0, 0.1) is 0 Å². The number of aliphatic hydroxyl groups excluding tert-OH is 2. The summed E-state index contributed by atoms with van der Waals surface area (Å²) in [6.45, 7) is 0.238. The van der Waals surface area contributed by atoms with Gasteiger partial charge in [-0.2, -0.15) is 13.2 Å². The Hall–Kier alpha value is -2.69. The molecule has 0 aliphatic carbocycles. The lowest BCUT2D eigenvalue weighted by molar-refractivity contribution is -0.183. The van der Waals surface area contributed by atoms with Crippen molar-refractivity contribution in [1.82, 2.24) is 9.88 Å². The molecule has 160 valence electrons. The van der Waals surface area contributed by atoms with E-state index in [2.05, 4.69) is 4.98 Å². The molecule has 1 amide bonds. The zero-order valence-electron chi connectivity index (χ0n) is 15.6. The zero-order chi connectivity index (χ0) is 21.5. The summed E-state index contributed by atoms with van der Waals surface area (Å²) < 4.78 is 49.3. The van der Waals surface area contributed by atoms with Gasteiger partial charge in [0.25, 0.3) is 5.91 Å². The van der Waals surface area contributed by atoms with Crippen molar-refractivity contribution in [2.24, 2.45) is 0 Å². The van der Waals surface area contributed by atoms with E-state index in [0.29, 0.717) is 12.1 Å². The molecule has 1 fully saturated rings. The number of rotatable bonds is 4. The second-order valence-corrected chi connectivity index (χ2v) is 7.21. The fourth-order valence-corrected chi connectivity index (χ4v) is 3.59. The molecule has 1 saturated heterocycles. The van der Waals surface area contributed by atoms with Gasteiger partial charge >= 0.3 is 6.18 Å². The summed E-state index contributed by atoms with van der Waals surface area (Å²) in [5, 5.41) is 20.8. The number of amides is 1. The van der Waals surface area contributed by atoms with Crippen molar-refractivity contribution in [3.63, 3.8) is 0 Å². The third-order valence-corrected chi connectivity index (χ3v) is 5.17. The summed E-state index contributed by atoms with van der Waals surface area (Å²) in [6.07, 6.45) is -9.44. The molecule has 2 aromatic rings. The Labute approximate surface area is 169 Å². The molecule has 2 aliphatic rings. The number of carbonyl (C=O) groups excluding carboxylic acids is 1. The molecule has 0 radical (unpaired) electrons. The Balaban J connectivity index is 1.39. The van der Waals surface area contributed by atoms with E-state index in [1.165, 1.54) is 11.0 Å². The molecular weight excluding hydrogens is 405 g/mol. The molecule has 3 heterocycles. The minimum atomic E-state index is -4.63. The molecule has 1 aromatic carbocycles. The van der Waals surface area contributed by atoms with Crippen LogP contribution in [0.15, 0.2) is 42.5 Å². The Morgan fingerprint density at radius 3 is 2.63 bits per heavy atom. The van der Waals surface area contributed by atoms with Crippen LogP contribution >= 0.6 is 0 Å². The number of alkyl halides is 3. The number of hydrogen-bond acceptors (Lipinski definition) is 6. The number of hydrogen-bond donors (Lipinski definition) is 2. The predicted octanol–water partition coefficient (Wildman–Crippen LogP) is 1.62. The highest BCUT2D eigenvalue weighted by Gasteiger charge is 2.42. The van der Waals surface area contributed by atoms with Gasteiger partial charge in [0.2, 0.25) is 5.88 Å². The van der Waals surface area contributed by atoms with Crippen molar-refractivity contribution in [3.8, 4) is 5.88 Å². The number of benzene rings is 1. The van der Waals surface area contributed by atoms with Crippen LogP contribution in [-0.2, 0) is 17.5 Å². The second kappa shape index (κ2) is 7.86. The first kappa shape index (κ1) is 20.6. The van der Waals surface area contributed by atoms with Crippen LogP contribution in [0.4, 0.5) is 13.2 Å². The molecule has 10 heteroatoms. The maximum atomic E-state index is 12.8. The zero-order valence-corrected chi connectivity index (χ0v) is 15.6. The molecule has 2 N–H and O–H groups in total. The average molecular weight is 424 g/mol. The summed E-state index contributed by atoms with van der Waals surface area (Å²) in [4.78, 5) is 17.4. The number of fused-ring (bicyclic) bond motifs is 1. The van der Waals surface area contributed by atoms with E-state index < -0.39 is 36.3 Å². The van der Waals surface area contributed by atoms with Crippen molar-refractivity contribution in [2.75, 3.05) is 13.2 Å². The smallest absolute Gasteiger partial charge is 0.433 e. The minimum absolute atomic E-state index is 0.0558. The Kier molecular flexibility index (Phi) is 5.39. The van der Waals surface area contributed by atoms with Gasteiger partial charge < -0.3 is 24.6 Å². The van der Waals surface area contributed by atoms with E-state index in [1.54, 1.807) is 12.1 Å². The summed E-state index contributed by atoms with van der Waals surface area (Å²) in [5.41, 5.74) is 0.321. The highest BCUT2D eigenvalue weighted by atomic mass is 19.4. The van der Waals surface area contributed by atoms with Gasteiger partial charge in [0, 0.05) is 18.2 Å². The van der Waals surface area contributed by atoms with Crippen molar-refractivity contribution in [2.45, 2.75) is 37.1 Å². The number of halogens is 3. The van der Waals surface area contributed by atoms with Crippen LogP contribution in [0.25, 0.3) is 0 Å². The van der Waals surface area contributed by atoms with Gasteiger partial charge in [0.15, 0.2) is 6.10 Å². The quantitative estimate of drug-likeness (QED) is 0.775. The van der Waals surface area contributed by atoms with Gasteiger partial charge in [0.05, 0.1) is 13.2 Å². The van der Waals surface area contributed by atoms with Gasteiger partial charge in [0.1, 0.15) is 24.0 Å². The lowest BCUT2D eigenvalue weighted by atomic mass is 9.99. The number of ether oxygens (including phenoxy) is 2. The van der Waals surface area contributed by atoms with Crippen LogP contribution in [-0.4, -0.2) is 63.6 Å². The van der Waals surface area contributed by atoms with Crippen molar-refractivity contribution < 1.29 is 37.7 Å². The monoisotopic (exact) mass is 424 g/mol. The summed E-state index contributed by atoms with van der Waals surface area (Å²) in [6, 6.07) is 10.3. The predicted molar refractivity (Wildman–Crippen MR) is 96.6 cm³/mol. The Morgan fingerprint density at radius 1 is 1.13 bits per heavy atom. The fraction of sp³-hybridized carbons (Fsp3) is 0.400. The van der Waals surface area contributed by atoms with Crippen molar-refractivity contribution in [3.05, 3.63) is 59.3 Å². The Bertz CT molecular complexity index is 939. The fourth-order valence-electron chi connectivity index (χ4n) is 3.59. The molecule has 2 aliphatic heterocycles. The topological polar surface area (TPSA) is 92.1 Å². The maximum absolute atomic E-state index is 12.8. The van der Waals surface area contributed by atoms with Gasteiger partial charge in [-0.3, -0.25) is 4.79 Å². The van der Waals surface area contributed by atoms with Crippen LogP contribution < -0.4 is 4.74 Å². The van der Waals surface area contributed by atoms with Gasteiger partial charge in [-0.15, -0.1) is 0 Å². The molecule has 0 unspecified atom stereocenters. The molecule has 4 atom stereocenters. The number of aromatic nitrogens is 1. The lowest BCUT2D eigenvalue weighted by Crippen LogP contribution is -2.57. The van der Waals surface area contributed by atoms with E-state index in [9.17, 15) is 28.2 Å². The molecule has 4 rings (SSSR count). The van der Waals surface area contributed by atoms with Crippen LogP contribution in [0.3, 0.4) is 0 Å². The first-order valence-electron chi connectivity index (χ1n) is 9.30. The minimum Gasteiger partial charge on any atom is -0.469 e. The molecular formula is C20H19F3N2O5. The van der Waals surface area contributed by atoms with E-state index in [4.69, 9.17) is 9.47 Å². The van der Waals surface area contributed by atoms with Crippen LogP contribution in [0.5, 0.6) is 5.88 Å². The van der Waals surface area contributed by atoms with Crippen molar-refractivity contribution >= 4 is 5.91 Å². The van der Waals surface area contributed by atoms with Gasteiger partial charge in [-0.05, 0) is 17.7 Å². The summed E-state index contributed by atoms with van der Waals surface area (Å²) in [7, 11) is 0. The highest BCUT2D eigenvalue weighted by Crippen LogP contribution is 2.30. The van der Waals surface area contributed by atoms with Crippen LogP contribution in [0.1, 0.15) is 21.6 Å². The van der Waals surface area contributed by atoms with E-state index in [-0.39, 0.29) is 24.9 Å². The van der Waals surface area contributed by atoms with Crippen molar-refractivity contribution in [1.29, 1.82) is 0 Å². The first-order chi connectivity index (χ1) is 14.2. The number of nitrogens with zero attached hydrogens (tertiary/aromatic N) is 2. The standard InChI is InChI=1S/C20H19F3N2O5/c21-20(22,23)15-6-3-7-16(24-15)30-14-10-29-13(17(26)18(14)27)9-25-8-11-4-1-2-5-12(11)19(25)28/h1-7,13-14,17-18,26-27H,8-10H2/t13-,14+,17+,18-/m1/s1. The van der Waals surface area contributed by atoms with E-state index in [1.807, 2.05) is 12.1 Å². The van der Waals surface area contributed by atoms with Crippen LogP contribution in [0.2, 0.25) is 0 Å². The molecule has 0 saturated carbocycles. The largest absolute Gasteiger partial charge is 0.469 e. The van der Waals surface area contributed by atoms with Gasteiger partial charge in [-0.1, -0.05) is 24.3 Å². The van der Waals surface area contributed by atoms with Gasteiger partial charge in [-0.25, -0.2) is 4.98 Å². The maximum Gasteiger partial charge on any atom is 0.433 e. The molecule has 30 heavy (non-hydrogen) atoms. The van der Waals surface area contributed by atoms with E-state index >= 15 is 0 Å². The number of carbonyl (C=O) groups is 1. The number of pyridine rings is 1. The summed E-state index contributed by atoms with van der Waals surface area (Å²) in [5.74, 6) is -0.532. The molecule has 1 aromatic heterocycles. The Morgan fingerprint density at radius 2 is 1.90 bits per heavy atom. The molecule has 0 spiro atoms. The van der Waals surface area contributed by atoms with E-state index in [0.717, 1.165) is 17.7 Å². The summed E-state index contributed by atoms with van der Waals surface area (Å²) >= 11 is 0. The molecule has 0 bridgehead atoms. The average Bonchev–Trinajstić information content (AvgIpc) is 3.03. The SMILES string of the molecule is O=C1c2ccccc2CN1C[C@H]1OC[C@H](Oc2cccc(C(F)(F)F)n2)[C@@H](O)[C@H]1O.